The first kappa shape index (κ1) is 15.3. The van der Waals surface area contributed by atoms with Gasteiger partial charge in [-0.1, -0.05) is 12.2 Å². The zero-order chi connectivity index (χ0) is 16.7. The molecule has 0 aliphatic heterocycles. The lowest BCUT2D eigenvalue weighted by atomic mass is 9.93. The van der Waals surface area contributed by atoms with E-state index in [-0.39, 0.29) is 5.91 Å². The molecule has 24 heavy (non-hydrogen) atoms. The second kappa shape index (κ2) is 6.00. The molecule has 6 heteroatoms. The van der Waals surface area contributed by atoms with Crippen LogP contribution in [0.1, 0.15) is 36.1 Å². The normalized spacial score (nSPS) is 24.8. The van der Waals surface area contributed by atoms with Gasteiger partial charge in [0.25, 0.3) is 0 Å². The van der Waals surface area contributed by atoms with E-state index in [0.29, 0.717) is 24.7 Å². The second-order valence-corrected chi connectivity index (χ2v) is 7.13. The SMILES string of the molecule is Cc1nn2cnnc2c(C)c1CCC(=O)NC[C@H]1C[C@@H]2C=C[C@H]1C2. The smallest absolute Gasteiger partial charge is 0.220 e. The summed E-state index contributed by atoms with van der Waals surface area (Å²) < 4.78 is 1.69. The Balaban J connectivity index is 1.35. The summed E-state index contributed by atoms with van der Waals surface area (Å²) in [6, 6.07) is 0. The van der Waals surface area contributed by atoms with Crippen molar-refractivity contribution < 1.29 is 4.79 Å². The summed E-state index contributed by atoms with van der Waals surface area (Å²) >= 11 is 0. The standard InChI is InChI=1S/C18H23N5O/c1-11-16(12(2)22-23-10-20-21-18(11)23)5-6-17(24)19-9-15-8-13-3-4-14(15)7-13/h3-4,10,13-15H,5-9H2,1-2H3,(H,19,24)/t13-,14+,15-/m1/s1. The maximum Gasteiger partial charge on any atom is 0.220 e. The van der Waals surface area contributed by atoms with Gasteiger partial charge in [0.1, 0.15) is 6.33 Å². The number of carbonyl (C=O) groups is 1. The number of aromatic nitrogens is 4. The molecule has 2 bridgehead atoms. The monoisotopic (exact) mass is 325 g/mol. The van der Waals surface area contributed by atoms with Crippen LogP contribution in [0.5, 0.6) is 0 Å². The summed E-state index contributed by atoms with van der Waals surface area (Å²) in [6.45, 7) is 4.80. The van der Waals surface area contributed by atoms with E-state index in [0.717, 1.165) is 34.9 Å². The Kier molecular flexibility index (Phi) is 3.82. The van der Waals surface area contributed by atoms with Crippen LogP contribution in [-0.4, -0.2) is 32.3 Å². The predicted octanol–water partition coefficient (Wildman–Crippen LogP) is 2.00. The largest absolute Gasteiger partial charge is 0.356 e. The van der Waals surface area contributed by atoms with Crippen LogP contribution in [0.15, 0.2) is 18.5 Å². The van der Waals surface area contributed by atoms with Crippen LogP contribution in [0.4, 0.5) is 0 Å². The Bertz CT molecular complexity index is 809. The number of aryl methyl sites for hydroxylation is 2. The molecule has 2 aromatic rings. The van der Waals surface area contributed by atoms with Crippen molar-refractivity contribution in [2.75, 3.05) is 6.54 Å². The molecule has 1 N–H and O–H groups in total. The van der Waals surface area contributed by atoms with Crippen LogP contribution in [0.25, 0.3) is 5.65 Å². The highest BCUT2D eigenvalue weighted by Gasteiger charge is 2.35. The Morgan fingerprint density at radius 2 is 2.21 bits per heavy atom. The fourth-order valence-electron chi connectivity index (χ4n) is 4.25. The molecular formula is C18H23N5O. The van der Waals surface area contributed by atoms with E-state index in [1.807, 2.05) is 13.8 Å². The maximum atomic E-state index is 12.2. The molecule has 0 spiro atoms. The van der Waals surface area contributed by atoms with Crippen molar-refractivity contribution in [1.82, 2.24) is 25.1 Å². The minimum atomic E-state index is 0.127. The fraction of sp³-hybridized carbons (Fsp3) is 0.556. The van der Waals surface area contributed by atoms with E-state index >= 15 is 0 Å². The molecular weight excluding hydrogens is 302 g/mol. The third kappa shape index (κ3) is 2.70. The Hall–Kier alpha value is -2.24. The molecule has 0 radical (unpaired) electrons. The van der Waals surface area contributed by atoms with E-state index in [1.165, 1.54) is 12.8 Å². The zero-order valence-corrected chi connectivity index (χ0v) is 14.2. The summed E-state index contributed by atoms with van der Waals surface area (Å²) in [6.07, 6.45) is 9.96. The van der Waals surface area contributed by atoms with Crippen molar-refractivity contribution in [3.63, 3.8) is 0 Å². The molecule has 1 fully saturated rings. The van der Waals surface area contributed by atoms with E-state index in [2.05, 4.69) is 32.8 Å². The van der Waals surface area contributed by atoms with Crippen LogP contribution >= 0.6 is 0 Å². The van der Waals surface area contributed by atoms with Crippen LogP contribution in [-0.2, 0) is 11.2 Å². The maximum absolute atomic E-state index is 12.2. The number of nitrogens with one attached hydrogen (secondary N) is 1. The fourth-order valence-corrected chi connectivity index (χ4v) is 4.25. The molecule has 1 amide bonds. The van der Waals surface area contributed by atoms with Gasteiger partial charge in [-0.05, 0) is 56.4 Å². The first-order valence-electron chi connectivity index (χ1n) is 8.73. The van der Waals surface area contributed by atoms with Crippen molar-refractivity contribution in [3.8, 4) is 0 Å². The number of hydrogen-bond acceptors (Lipinski definition) is 4. The molecule has 2 aromatic heterocycles. The molecule has 6 nitrogen and oxygen atoms in total. The van der Waals surface area contributed by atoms with Crippen molar-refractivity contribution in [2.45, 2.75) is 39.5 Å². The molecule has 0 saturated heterocycles. The lowest BCUT2D eigenvalue weighted by Crippen LogP contribution is -2.31. The molecule has 1 saturated carbocycles. The van der Waals surface area contributed by atoms with Crippen molar-refractivity contribution in [3.05, 3.63) is 35.3 Å². The summed E-state index contributed by atoms with van der Waals surface area (Å²) in [5.74, 6) is 2.19. The lowest BCUT2D eigenvalue weighted by Gasteiger charge is -2.18. The number of allylic oxidation sites excluding steroid dienone is 2. The summed E-state index contributed by atoms with van der Waals surface area (Å²) in [7, 11) is 0. The minimum Gasteiger partial charge on any atom is -0.356 e. The highest BCUT2D eigenvalue weighted by atomic mass is 16.1. The van der Waals surface area contributed by atoms with Gasteiger partial charge < -0.3 is 5.32 Å². The van der Waals surface area contributed by atoms with Gasteiger partial charge in [-0.2, -0.15) is 5.10 Å². The second-order valence-electron chi connectivity index (χ2n) is 7.13. The van der Waals surface area contributed by atoms with E-state index in [9.17, 15) is 4.79 Å². The number of carbonyl (C=O) groups excluding carboxylic acids is 1. The molecule has 126 valence electrons. The van der Waals surface area contributed by atoms with Crippen molar-refractivity contribution >= 4 is 11.6 Å². The van der Waals surface area contributed by atoms with Gasteiger partial charge in [0.2, 0.25) is 5.91 Å². The van der Waals surface area contributed by atoms with E-state index < -0.39 is 0 Å². The quantitative estimate of drug-likeness (QED) is 0.854. The lowest BCUT2D eigenvalue weighted by molar-refractivity contribution is -0.121. The van der Waals surface area contributed by atoms with E-state index in [4.69, 9.17) is 0 Å². The average molecular weight is 325 g/mol. The molecule has 0 unspecified atom stereocenters. The first-order valence-corrected chi connectivity index (χ1v) is 8.73. The number of rotatable bonds is 5. The number of fused-ring (bicyclic) bond motifs is 3. The summed E-state index contributed by atoms with van der Waals surface area (Å²) in [5, 5.41) is 15.6. The molecule has 4 rings (SSSR count). The number of amides is 1. The number of nitrogens with zero attached hydrogens (tertiary/aromatic N) is 4. The van der Waals surface area contributed by atoms with Gasteiger partial charge in [-0.15, -0.1) is 10.2 Å². The number of hydrogen-bond donors (Lipinski definition) is 1. The van der Waals surface area contributed by atoms with E-state index in [1.54, 1.807) is 10.8 Å². The third-order valence-corrected chi connectivity index (χ3v) is 5.59. The predicted molar refractivity (Wildman–Crippen MR) is 90.4 cm³/mol. The van der Waals surface area contributed by atoms with Crippen LogP contribution in [0.3, 0.4) is 0 Å². The van der Waals surface area contributed by atoms with Crippen LogP contribution in [0.2, 0.25) is 0 Å². The van der Waals surface area contributed by atoms with Gasteiger partial charge in [-0.3, -0.25) is 4.79 Å². The summed E-state index contributed by atoms with van der Waals surface area (Å²) in [4.78, 5) is 12.2. The molecule has 3 atom stereocenters. The first-order chi connectivity index (χ1) is 11.6. The van der Waals surface area contributed by atoms with Crippen LogP contribution < -0.4 is 5.32 Å². The van der Waals surface area contributed by atoms with Gasteiger partial charge in [-0.25, -0.2) is 4.52 Å². The van der Waals surface area contributed by atoms with Gasteiger partial charge in [0, 0.05) is 18.5 Å². The van der Waals surface area contributed by atoms with Crippen molar-refractivity contribution in [2.24, 2.45) is 17.8 Å². The average Bonchev–Trinajstić information content (AvgIpc) is 3.28. The third-order valence-electron chi connectivity index (χ3n) is 5.59. The zero-order valence-electron chi connectivity index (χ0n) is 14.2. The Morgan fingerprint density at radius 1 is 1.33 bits per heavy atom. The molecule has 2 heterocycles. The van der Waals surface area contributed by atoms with Crippen LogP contribution in [0, 0.1) is 31.6 Å². The Morgan fingerprint density at radius 3 is 2.96 bits per heavy atom. The molecule has 2 aliphatic carbocycles. The minimum absolute atomic E-state index is 0.127. The Labute approximate surface area is 141 Å². The van der Waals surface area contributed by atoms with Gasteiger partial charge in [0.05, 0.1) is 5.69 Å². The summed E-state index contributed by atoms with van der Waals surface area (Å²) in [5.41, 5.74) is 3.87. The molecule has 0 aromatic carbocycles. The van der Waals surface area contributed by atoms with Crippen molar-refractivity contribution in [1.29, 1.82) is 0 Å². The molecule has 2 aliphatic rings. The van der Waals surface area contributed by atoms with Gasteiger partial charge >= 0.3 is 0 Å². The highest BCUT2D eigenvalue weighted by Crippen LogP contribution is 2.42. The topological polar surface area (TPSA) is 72.2 Å². The highest BCUT2D eigenvalue weighted by molar-refractivity contribution is 5.76. The van der Waals surface area contributed by atoms with Gasteiger partial charge in [0.15, 0.2) is 5.65 Å².